The quantitative estimate of drug-likeness (QED) is 0.596. The second-order valence-electron chi connectivity index (χ2n) is 5.05. The topological polar surface area (TPSA) is 29.3 Å². The summed E-state index contributed by atoms with van der Waals surface area (Å²) in [6.45, 7) is 11.3. The maximum absolute atomic E-state index is 6.02. The van der Waals surface area contributed by atoms with E-state index in [0.717, 1.165) is 6.54 Å². The van der Waals surface area contributed by atoms with Gasteiger partial charge in [0.15, 0.2) is 0 Å². The Labute approximate surface area is 76.1 Å². The van der Waals surface area contributed by atoms with Crippen molar-refractivity contribution in [2.45, 2.75) is 45.7 Å². The smallest absolute Gasteiger partial charge is 0.0194 e. The highest BCUT2D eigenvalue weighted by Crippen LogP contribution is 2.22. The fourth-order valence-corrected chi connectivity index (χ4v) is 1.71. The molecule has 1 saturated heterocycles. The summed E-state index contributed by atoms with van der Waals surface area (Å²) >= 11 is 0. The molecule has 0 aromatic heterocycles. The van der Waals surface area contributed by atoms with E-state index in [2.05, 4.69) is 32.6 Å². The molecule has 0 saturated carbocycles. The first-order chi connectivity index (χ1) is 5.41. The van der Waals surface area contributed by atoms with Crippen molar-refractivity contribution in [2.75, 3.05) is 13.1 Å². The van der Waals surface area contributed by atoms with E-state index in [1.54, 1.807) is 0 Å². The van der Waals surface area contributed by atoms with Crippen LogP contribution < -0.4 is 5.73 Å². The monoisotopic (exact) mass is 170 g/mol. The Hall–Kier alpha value is -0.0800. The minimum Gasteiger partial charge on any atom is -0.326 e. The Kier molecular flexibility index (Phi) is 2.79. The molecule has 12 heavy (non-hydrogen) atoms. The lowest BCUT2D eigenvalue weighted by Crippen LogP contribution is -2.54. The molecule has 1 rings (SSSR count). The molecule has 1 fully saturated rings. The van der Waals surface area contributed by atoms with Crippen molar-refractivity contribution < 1.29 is 0 Å². The summed E-state index contributed by atoms with van der Waals surface area (Å²) in [6, 6.07) is 0.373. The Balaban J connectivity index is 2.51. The number of hydrogen-bond acceptors (Lipinski definition) is 2. The fourth-order valence-electron chi connectivity index (χ4n) is 1.71. The molecule has 2 heteroatoms. The molecule has 2 atom stereocenters. The van der Waals surface area contributed by atoms with E-state index in [9.17, 15) is 0 Å². The summed E-state index contributed by atoms with van der Waals surface area (Å²) in [7, 11) is 0. The second-order valence-corrected chi connectivity index (χ2v) is 5.05. The van der Waals surface area contributed by atoms with E-state index in [0.29, 0.717) is 12.0 Å². The predicted molar refractivity (Wildman–Crippen MR) is 53.1 cm³/mol. The van der Waals surface area contributed by atoms with Crippen LogP contribution in [-0.4, -0.2) is 29.6 Å². The molecular formula is C10H22N2. The summed E-state index contributed by atoms with van der Waals surface area (Å²) in [4.78, 5) is 2.48. The molecule has 0 spiro atoms. The molecule has 0 aromatic carbocycles. The molecule has 72 valence electrons. The number of hydrogen-bond donors (Lipinski definition) is 1. The molecular weight excluding hydrogens is 148 g/mol. The van der Waals surface area contributed by atoms with E-state index in [1.807, 2.05) is 0 Å². The summed E-state index contributed by atoms with van der Waals surface area (Å²) in [5.41, 5.74) is 6.31. The summed E-state index contributed by atoms with van der Waals surface area (Å²) in [5.74, 6) is 0.698. The van der Waals surface area contributed by atoms with Crippen molar-refractivity contribution in [1.82, 2.24) is 4.90 Å². The minimum atomic E-state index is 0.289. The molecule has 2 unspecified atom stereocenters. The van der Waals surface area contributed by atoms with Crippen LogP contribution in [0.5, 0.6) is 0 Å². The summed E-state index contributed by atoms with van der Waals surface area (Å²) in [6.07, 6.45) is 1.25. The molecule has 2 N–H and O–H groups in total. The van der Waals surface area contributed by atoms with Gasteiger partial charge in [0.2, 0.25) is 0 Å². The van der Waals surface area contributed by atoms with Crippen LogP contribution in [0.15, 0.2) is 0 Å². The second kappa shape index (κ2) is 3.35. The molecule has 2 nitrogen and oxygen atoms in total. The molecule has 0 radical (unpaired) electrons. The first kappa shape index (κ1) is 10.0. The Bertz CT molecular complexity index is 148. The van der Waals surface area contributed by atoms with Gasteiger partial charge in [0.1, 0.15) is 0 Å². The largest absolute Gasteiger partial charge is 0.326 e. The van der Waals surface area contributed by atoms with Gasteiger partial charge in [0.05, 0.1) is 0 Å². The van der Waals surface area contributed by atoms with Gasteiger partial charge in [-0.05, 0) is 39.7 Å². The third kappa shape index (κ3) is 2.20. The maximum atomic E-state index is 6.02. The van der Waals surface area contributed by atoms with E-state index < -0.39 is 0 Å². The average Bonchev–Trinajstić information content (AvgIpc) is 1.92. The Morgan fingerprint density at radius 2 is 1.92 bits per heavy atom. The molecule has 0 aromatic rings. The van der Waals surface area contributed by atoms with Gasteiger partial charge in [-0.1, -0.05) is 6.92 Å². The normalized spacial score (nSPS) is 33.8. The van der Waals surface area contributed by atoms with Gasteiger partial charge < -0.3 is 5.73 Å². The third-order valence-electron chi connectivity index (χ3n) is 2.97. The average molecular weight is 170 g/mol. The van der Waals surface area contributed by atoms with Gasteiger partial charge in [-0.15, -0.1) is 0 Å². The number of nitrogens with zero attached hydrogens (tertiary/aromatic N) is 1. The maximum Gasteiger partial charge on any atom is 0.0194 e. The number of likely N-dealkylation sites (tertiary alicyclic amines) is 1. The van der Waals surface area contributed by atoms with E-state index in [1.165, 1.54) is 13.0 Å². The molecule has 0 amide bonds. The van der Waals surface area contributed by atoms with Crippen molar-refractivity contribution in [2.24, 2.45) is 11.7 Å². The summed E-state index contributed by atoms with van der Waals surface area (Å²) in [5, 5.41) is 0. The van der Waals surface area contributed by atoms with Crippen LogP contribution in [0.4, 0.5) is 0 Å². The van der Waals surface area contributed by atoms with E-state index in [4.69, 9.17) is 5.73 Å². The lowest BCUT2D eigenvalue weighted by atomic mass is 9.91. The molecule has 1 aliphatic rings. The highest BCUT2D eigenvalue weighted by Gasteiger charge is 2.29. The highest BCUT2D eigenvalue weighted by molar-refractivity contribution is 4.86. The van der Waals surface area contributed by atoms with Gasteiger partial charge >= 0.3 is 0 Å². The van der Waals surface area contributed by atoms with Crippen LogP contribution in [0.25, 0.3) is 0 Å². The zero-order valence-electron chi connectivity index (χ0n) is 8.80. The summed E-state index contributed by atoms with van der Waals surface area (Å²) < 4.78 is 0. The molecule has 0 aliphatic carbocycles. The lowest BCUT2D eigenvalue weighted by molar-refractivity contribution is 0.0782. The van der Waals surface area contributed by atoms with Gasteiger partial charge in [0, 0.05) is 18.1 Å². The van der Waals surface area contributed by atoms with Crippen LogP contribution in [0.1, 0.15) is 34.1 Å². The number of piperidine rings is 1. The SMILES string of the molecule is CC1CCN(C(C)(C)C)CC1N. The molecule has 1 aliphatic heterocycles. The zero-order valence-corrected chi connectivity index (χ0v) is 8.80. The van der Waals surface area contributed by atoms with Gasteiger partial charge in [-0.25, -0.2) is 0 Å². The Morgan fingerprint density at radius 1 is 1.33 bits per heavy atom. The third-order valence-corrected chi connectivity index (χ3v) is 2.97. The van der Waals surface area contributed by atoms with Crippen LogP contribution >= 0.6 is 0 Å². The number of rotatable bonds is 0. The van der Waals surface area contributed by atoms with Crippen LogP contribution in [0.2, 0.25) is 0 Å². The lowest BCUT2D eigenvalue weighted by Gasteiger charge is -2.43. The van der Waals surface area contributed by atoms with Gasteiger partial charge in [-0.2, -0.15) is 0 Å². The van der Waals surface area contributed by atoms with Crippen molar-refractivity contribution in [3.05, 3.63) is 0 Å². The van der Waals surface area contributed by atoms with Crippen molar-refractivity contribution in [1.29, 1.82) is 0 Å². The molecule has 1 heterocycles. The zero-order chi connectivity index (χ0) is 9.35. The van der Waals surface area contributed by atoms with Crippen LogP contribution in [0, 0.1) is 5.92 Å². The minimum absolute atomic E-state index is 0.289. The molecule has 0 bridgehead atoms. The van der Waals surface area contributed by atoms with Gasteiger partial charge in [0.25, 0.3) is 0 Å². The van der Waals surface area contributed by atoms with Gasteiger partial charge in [-0.3, -0.25) is 4.90 Å². The van der Waals surface area contributed by atoms with Crippen molar-refractivity contribution >= 4 is 0 Å². The van der Waals surface area contributed by atoms with Crippen molar-refractivity contribution in [3.8, 4) is 0 Å². The van der Waals surface area contributed by atoms with Crippen LogP contribution in [0.3, 0.4) is 0 Å². The first-order valence-corrected chi connectivity index (χ1v) is 4.92. The highest BCUT2D eigenvalue weighted by atomic mass is 15.2. The van der Waals surface area contributed by atoms with E-state index >= 15 is 0 Å². The fraction of sp³-hybridized carbons (Fsp3) is 1.00. The predicted octanol–water partition coefficient (Wildman–Crippen LogP) is 1.45. The van der Waals surface area contributed by atoms with Crippen molar-refractivity contribution in [3.63, 3.8) is 0 Å². The van der Waals surface area contributed by atoms with E-state index in [-0.39, 0.29) is 5.54 Å². The Morgan fingerprint density at radius 3 is 2.33 bits per heavy atom. The first-order valence-electron chi connectivity index (χ1n) is 4.92. The van der Waals surface area contributed by atoms with Crippen LogP contribution in [-0.2, 0) is 0 Å². The standard InChI is InChI=1S/C10H22N2/c1-8-5-6-12(7-9(8)11)10(2,3)4/h8-9H,5-7,11H2,1-4H3. The number of nitrogens with two attached hydrogens (primary N) is 1.